The molecule has 1 radical (unpaired) electrons. The molecular formula is C26H22NaO10. The van der Waals surface area contributed by atoms with E-state index in [1.165, 1.54) is 24.3 Å². The second-order valence-corrected chi connectivity index (χ2v) is 8.54. The molecule has 1 fully saturated rings. The number of esters is 1. The van der Waals surface area contributed by atoms with Gasteiger partial charge in [0, 0.05) is 46.2 Å². The van der Waals surface area contributed by atoms with E-state index >= 15 is 0 Å². The van der Waals surface area contributed by atoms with Crippen LogP contribution in [0.4, 0.5) is 0 Å². The molecule has 11 heteroatoms. The van der Waals surface area contributed by atoms with Gasteiger partial charge in [-0.3, -0.25) is 0 Å². The average molecular weight is 517 g/mol. The maximum Gasteiger partial charge on any atom is 0.340 e. The van der Waals surface area contributed by atoms with Crippen LogP contribution in [0, 0.1) is 0 Å². The summed E-state index contributed by atoms with van der Waals surface area (Å²) < 4.78 is 16.7. The van der Waals surface area contributed by atoms with Crippen LogP contribution in [-0.4, -0.2) is 97.7 Å². The molecule has 2 aliphatic heterocycles. The summed E-state index contributed by atoms with van der Waals surface area (Å²) in [5, 5.41) is 49.1. The molecule has 2 heterocycles. The standard InChI is InChI=1S/C26H22O10.Na/c27-15-9-5-13(6-10-15)26(18-4-2-1-3-17(18)24(33)36-26)14-7-11-16(12-8-14)34-25-21(30)19(28)20(29)22(35-25)23(31)32;/h1-12,19-22,25,27-30H,(H,31,32);. The van der Waals surface area contributed by atoms with E-state index in [4.69, 9.17) is 14.2 Å². The number of aliphatic hydroxyl groups is 3. The number of phenols is 1. The molecule has 6 atom stereocenters. The maximum absolute atomic E-state index is 12.8. The zero-order valence-electron chi connectivity index (χ0n) is 19.6. The number of rotatable bonds is 5. The predicted octanol–water partition coefficient (Wildman–Crippen LogP) is 0.745. The zero-order chi connectivity index (χ0) is 25.6. The van der Waals surface area contributed by atoms with Gasteiger partial charge in [-0.25, -0.2) is 9.59 Å². The van der Waals surface area contributed by atoms with Crippen LogP contribution in [0.1, 0.15) is 27.0 Å². The Hall–Kier alpha value is -2.96. The van der Waals surface area contributed by atoms with Crippen molar-refractivity contribution in [3.8, 4) is 11.5 Å². The molecule has 0 aromatic heterocycles. The first-order valence-corrected chi connectivity index (χ1v) is 11.0. The molecule has 0 aliphatic carbocycles. The van der Waals surface area contributed by atoms with Crippen molar-refractivity contribution < 1.29 is 49.3 Å². The number of carbonyl (C=O) groups is 2. The van der Waals surface area contributed by atoms with Gasteiger partial charge >= 0.3 is 11.9 Å². The van der Waals surface area contributed by atoms with Crippen molar-refractivity contribution in [1.29, 1.82) is 0 Å². The minimum Gasteiger partial charge on any atom is -0.508 e. The Balaban J connectivity index is 0.00000320. The van der Waals surface area contributed by atoms with Crippen molar-refractivity contribution in [2.45, 2.75) is 36.3 Å². The fourth-order valence-electron chi connectivity index (χ4n) is 4.56. The third-order valence-electron chi connectivity index (χ3n) is 6.37. The van der Waals surface area contributed by atoms with Crippen molar-refractivity contribution in [3.05, 3.63) is 95.1 Å². The number of hydrogen-bond acceptors (Lipinski definition) is 9. The van der Waals surface area contributed by atoms with Crippen LogP contribution in [0.3, 0.4) is 0 Å². The van der Waals surface area contributed by atoms with E-state index in [0.717, 1.165) is 0 Å². The smallest absolute Gasteiger partial charge is 0.340 e. The summed E-state index contributed by atoms with van der Waals surface area (Å²) in [5.41, 5.74) is 0.858. The van der Waals surface area contributed by atoms with Crippen molar-refractivity contribution in [2.24, 2.45) is 0 Å². The fourth-order valence-corrected chi connectivity index (χ4v) is 4.56. The minimum absolute atomic E-state index is 0. The van der Waals surface area contributed by atoms with Crippen LogP contribution in [0.5, 0.6) is 11.5 Å². The van der Waals surface area contributed by atoms with Gasteiger partial charge in [-0.1, -0.05) is 42.5 Å². The molecular weight excluding hydrogens is 495 g/mol. The van der Waals surface area contributed by atoms with Crippen molar-refractivity contribution in [2.75, 3.05) is 0 Å². The van der Waals surface area contributed by atoms with E-state index in [-0.39, 0.29) is 41.1 Å². The first-order valence-electron chi connectivity index (χ1n) is 11.0. The number of aliphatic hydroxyl groups excluding tert-OH is 3. The summed E-state index contributed by atoms with van der Waals surface area (Å²) >= 11 is 0. The van der Waals surface area contributed by atoms with E-state index < -0.39 is 48.2 Å². The first-order chi connectivity index (χ1) is 17.2. The Morgan fingerprint density at radius 2 is 1.43 bits per heavy atom. The number of carboxylic acids is 1. The number of hydrogen-bond donors (Lipinski definition) is 5. The summed E-state index contributed by atoms with van der Waals surface area (Å²) in [6.07, 6.45) is -8.69. The van der Waals surface area contributed by atoms with Crippen LogP contribution in [0.15, 0.2) is 72.8 Å². The van der Waals surface area contributed by atoms with Crippen molar-refractivity contribution in [1.82, 2.24) is 0 Å². The number of ether oxygens (including phenoxy) is 3. The van der Waals surface area contributed by atoms with E-state index in [1.54, 1.807) is 48.5 Å². The summed E-state index contributed by atoms with van der Waals surface area (Å²) in [5.74, 6) is -1.82. The van der Waals surface area contributed by atoms with Gasteiger partial charge in [0.1, 0.15) is 29.8 Å². The first kappa shape index (κ1) is 27.1. The van der Waals surface area contributed by atoms with Crippen LogP contribution in [0.25, 0.3) is 0 Å². The zero-order valence-corrected chi connectivity index (χ0v) is 21.6. The quantitative estimate of drug-likeness (QED) is 0.241. The monoisotopic (exact) mass is 517 g/mol. The van der Waals surface area contributed by atoms with Gasteiger partial charge < -0.3 is 39.7 Å². The average Bonchev–Trinajstić information content (AvgIpc) is 3.18. The third kappa shape index (κ3) is 4.62. The molecule has 6 unspecified atom stereocenters. The van der Waals surface area contributed by atoms with Crippen LogP contribution < -0.4 is 4.74 Å². The number of cyclic esters (lactones) is 1. The third-order valence-corrected chi connectivity index (χ3v) is 6.37. The Labute approximate surface area is 233 Å². The van der Waals surface area contributed by atoms with Crippen molar-refractivity contribution >= 4 is 41.5 Å². The van der Waals surface area contributed by atoms with Gasteiger partial charge in [-0.15, -0.1) is 0 Å². The molecule has 2 aliphatic rings. The van der Waals surface area contributed by atoms with E-state index in [0.29, 0.717) is 22.3 Å². The number of benzene rings is 3. The van der Waals surface area contributed by atoms with Crippen LogP contribution >= 0.6 is 0 Å². The molecule has 0 bridgehead atoms. The number of aromatic hydroxyl groups is 1. The van der Waals surface area contributed by atoms with Gasteiger partial charge in [0.05, 0.1) is 5.56 Å². The van der Waals surface area contributed by atoms with Gasteiger partial charge in [0.2, 0.25) is 6.29 Å². The number of carboxylic acid groups (broad SMARTS) is 1. The van der Waals surface area contributed by atoms with Gasteiger partial charge in [-0.2, -0.15) is 0 Å². The number of phenolic OH excluding ortho intramolecular Hbond substituents is 1. The van der Waals surface area contributed by atoms with Crippen LogP contribution in [0.2, 0.25) is 0 Å². The molecule has 0 spiro atoms. The molecule has 10 nitrogen and oxygen atoms in total. The number of carbonyl (C=O) groups excluding carboxylic acids is 1. The van der Waals surface area contributed by atoms with E-state index in [9.17, 15) is 35.1 Å². The van der Waals surface area contributed by atoms with Crippen molar-refractivity contribution in [3.63, 3.8) is 0 Å². The van der Waals surface area contributed by atoms with Gasteiger partial charge in [0.25, 0.3) is 0 Å². The summed E-state index contributed by atoms with van der Waals surface area (Å²) in [7, 11) is 0. The predicted molar refractivity (Wildman–Crippen MR) is 127 cm³/mol. The minimum atomic E-state index is -1.83. The van der Waals surface area contributed by atoms with E-state index in [2.05, 4.69) is 0 Å². The summed E-state index contributed by atoms with van der Waals surface area (Å²) in [6.45, 7) is 0. The molecule has 1 saturated heterocycles. The van der Waals surface area contributed by atoms with Gasteiger partial charge in [0.15, 0.2) is 11.7 Å². The Morgan fingerprint density at radius 3 is 2.05 bits per heavy atom. The molecule has 0 amide bonds. The number of aliphatic carboxylic acids is 1. The normalized spacial score (nSPS) is 28.5. The molecule has 5 N–H and O–H groups in total. The SMILES string of the molecule is O=C1OC(c2ccc(O)cc2)(c2ccc(OC3OC(C(=O)O)C(O)C(O)C3O)cc2)c2ccccc21.[Na]. The molecule has 187 valence electrons. The second kappa shape index (κ2) is 10.4. The molecule has 5 rings (SSSR count). The molecule has 3 aromatic rings. The fraction of sp³-hybridized carbons (Fsp3) is 0.231. The largest absolute Gasteiger partial charge is 0.508 e. The Bertz CT molecular complexity index is 1300. The molecule has 37 heavy (non-hydrogen) atoms. The molecule has 3 aromatic carbocycles. The molecule has 0 saturated carbocycles. The van der Waals surface area contributed by atoms with Gasteiger partial charge in [-0.05, 0) is 30.3 Å². The van der Waals surface area contributed by atoms with E-state index in [1.807, 2.05) is 0 Å². The second-order valence-electron chi connectivity index (χ2n) is 8.54. The topological polar surface area (TPSA) is 163 Å². The number of fused-ring (bicyclic) bond motifs is 1. The summed E-state index contributed by atoms with van der Waals surface area (Å²) in [4.78, 5) is 24.1. The Morgan fingerprint density at radius 1 is 0.838 bits per heavy atom. The maximum atomic E-state index is 12.8. The summed E-state index contributed by atoms with van der Waals surface area (Å²) in [6, 6.07) is 19.5. The van der Waals surface area contributed by atoms with Crippen LogP contribution in [-0.2, 0) is 19.9 Å². The Kier molecular flexibility index (Phi) is 7.63.